The van der Waals surface area contributed by atoms with Crippen LogP contribution in [0.4, 0.5) is 0 Å². The first-order chi connectivity index (χ1) is 20.8. The maximum absolute atomic E-state index is 11.5. The molecule has 2 rings (SSSR count). The van der Waals surface area contributed by atoms with Gasteiger partial charge in [0.15, 0.2) is 0 Å². The van der Waals surface area contributed by atoms with Gasteiger partial charge in [-0.05, 0) is 99.9 Å². The summed E-state index contributed by atoms with van der Waals surface area (Å²) < 4.78 is 20.5. The highest BCUT2D eigenvalue weighted by Crippen LogP contribution is 2.21. The first-order valence-electron chi connectivity index (χ1n) is 15.2. The third-order valence-corrected chi connectivity index (χ3v) is 6.06. The van der Waals surface area contributed by atoms with Crippen LogP contribution in [-0.4, -0.2) is 51.5 Å². The van der Waals surface area contributed by atoms with Gasteiger partial charge in [-0.3, -0.25) is 0 Å². The Morgan fingerprint density at radius 1 is 0.659 bits per heavy atom. The van der Waals surface area contributed by atoms with Crippen molar-refractivity contribution in [3.05, 3.63) is 84.0 Å². The van der Waals surface area contributed by atoms with Gasteiger partial charge in [-0.15, -0.1) is 0 Å². The van der Waals surface area contributed by atoms with E-state index in [1.54, 1.807) is 26.4 Å². The lowest BCUT2D eigenvalue weighted by Gasteiger charge is -2.20. The number of carbonyl (C=O) groups excluding carboxylic acids is 2. The quantitative estimate of drug-likeness (QED) is 0.0949. The molecule has 7 heteroatoms. The van der Waals surface area contributed by atoms with E-state index in [1.165, 1.54) is 12.2 Å². The molecule has 2 aromatic rings. The van der Waals surface area contributed by atoms with Gasteiger partial charge in [-0.1, -0.05) is 63.3 Å². The number of carbonyl (C=O) groups is 2. The Balaban J connectivity index is 0.000000442. The standard InChI is InChI=1S/C20H28O3.C17H25NO3/c1-20(2,3)15-7-8-16-23-19(21)10-6-5-9-17-11-13-18(22-4)14-12-17;1-17(2,3)18-12-5-13-21-16(19)11-8-14-6-9-15(20-4)10-7-14/h5-6,9-14H,7-8,15-16H2,1-4H3;6-11,18H,5,12-13H2,1-4H3/b9-5+,10-6+;11-8+. The number of allylic oxidation sites excluding steroid dienone is 2. The molecule has 0 bridgehead atoms. The number of esters is 2. The number of rotatable bonds is 15. The van der Waals surface area contributed by atoms with Crippen LogP contribution in [0.2, 0.25) is 0 Å². The van der Waals surface area contributed by atoms with Crippen LogP contribution in [0.15, 0.2) is 72.8 Å². The highest BCUT2D eigenvalue weighted by Gasteiger charge is 2.09. The van der Waals surface area contributed by atoms with Gasteiger partial charge in [0.25, 0.3) is 0 Å². The Morgan fingerprint density at radius 2 is 1.16 bits per heavy atom. The Hall–Kier alpha value is -3.84. The van der Waals surface area contributed by atoms with Gasteiger partial charge in [0.05, 0.1) is 27.4 Å². The van der Waals surface area contributed by atoms with E-state index in [4.69, 9.17) is 18.9 Å². The molecule has 0 unspecified atom stereocenters. The van der Waals surface area contributed by atoms with Crippen molar-refractivity contribution in [2.45, 2.75) is 72.8 Å². The fraction of sp³-hybridized carbons (Fsp3) is 0.459. The van der Waals surface area contributed by atoms with Crippen molar-refractivity contribution < 1.29 is 28.5 Å². The van der Waals surface area contributed by atoms with Gasteiger partial charge in [-0.2, -0.15) is 0 Å². The molecule has 44 heavy (non-hydrogen) atoms. The molecule has 7 nitrogen and oxygen atoms in total. The van der Waals surface area contributed by atoms with Crippen molar-refractivity contribution >= 4 is 24.1 Å². The lowest BCUT2D eigenvalue weighted by Crippen LogP contribution is -2.36. The first-order valence-corrected chi connectivity index (χ1v) is 15.2. The zero-order valence-electron chi connectivity index (χ0n) is 28.0. The van der Waals surface area contributed by atoms with Crippen LogP contribution < -0.4 is 14.8 Å². The second kappa shape index (κ2) is 21.0. The van der Waals surface area contributed by atoms with E-state index in [-0.39, 0.29) is 17.5 Å². The van der Waals surface area contributed by atoms with Crippen LogP contribution in [-0.2, 0) is 19.1 Å². The van der Waals surface area contributed by atoms with E-state index >= 15 is 0 Å². The highest BCUT2D eigenvalue weighted by molar-refractivity contribution is 5.87. The van der Waals surface area contributed by atoms with E-state index in [0.29, 0.717) is 18.6 Å². The molecule has 0 aromatic heterocycles. The molecule has 2 aromatic carbocycles. The van der Waals surface area contributed by atoms with Crippen molar-refractivity contribution in [1.82, 2.24) is 5.32 Å². The van der Waals surface area contributed by atoms with Crippen LogP contribution in [0, 0.1) is 5.41 Å². The first kappa shape index (κ1) is 38.2. The topological polar surface area (TPSA) is 83.1 Å². The van der Waals surface area contributed by atoms with E-state index in [9.17, 15) is 9.59 Å². The molecule has 0 saturated carbocycles. The third kappa shape index (κ3) is 20.9. The summed E-state index contributed by atoms with van der Waals surface area (Å²) in [6.07, 6.45) is 14.0. The van der Waals surface area contributed by atoms with Crippen molar-refractivity contribution in [2.75, 3.05) is 34.0 Å². The van der Waals surface area contributed by atoms with Crippen molar-refractivity contribution in [2.24, 2.45) is 5.41 Å². The molecule has 0 radical (unpaired) electrons. The fourth-order valence-corrected chi connectivity index (χ4v) is 3.63. The summed E-state index contributed by atoms with van der Waals surface area (Å²) in [5.74, 6) is 1.01. The van der Waals surface area contributed by atoms with E-state index in [0.717, 1.165) is 54.9 Å². The summed E-state index contributed by atoms with van der Waals surface area (Å²) in [6, 6.07) is 15.2. The summed E-state index contributed by atoms with van der Waals surface area (Å²) in [7, 11) is 3.26. The number of methoxy groups -OCH3 is 2. The van der Waals surface area contributed by atoms with Gasteiger partial charge >= 0.3 is 11.9 Å². The van der Waals surface area contributed by atoms with Crippen LogP contribution in [0.3, 0.4) is 0 Å². The number of benzene rings is 2. The van der Waals surface area contributed by atoms with Gasteiger partial charge in [0.2, 0.25) is 0 Å². The number of nitrogens with one attached hydrogen (secondary N) is 1. The van der Waals surface area contributed by atoms with Gasteiger partial charge < -0.3 is 24.3 Å². The van der Waals surface area contributed by atoms with Crippen molar-refractivity contribution in [1.29, 1.82) is 0 Å². The van der Waals surface area contributed by atoms with Crippen molar-refractivity contribution in [3.63, 3.8) is 0 Å². The molecular weight excluding hydrogens is 554 g/mol. The lowest BCUT2D eigenvalue weighted by atomic mass is 9.90. The Bertz CT molecular complexity index is 1170. The molecule has 0 atom stereocenters. The minimum absolute atomic E-state index is 0.0955. The van der Waals surface area contributed by atoms with Gasteiger partial charge in [-0.25, -0.2) is 9.59 Å². The summed E-state index contributed by atoms with van der Waals surface area (Å²) in [4.78, 5) is 23.1. The molecular formula is C37H53NO6. The van der Waals surface area contributed by atoms with E-state index in [1.807, 2.05) is 60.7 Å². The summed E-state index contributed by atoms with van der Waals surface area (Å²) in [5.41, 5.74) is 2.42. The van der Waals surface area contributed by atoms with E-state index in [2.05, 4.69) is 46.9 Å². The lowest BCUT2D eigenvalue weighted by molar-refractivity contribution is -0.138. The maximum Gasteiger partial charge on any atom is 0.330 e. The largest absolute Gasteiger partial charge is 0.497 e. The predicted molar refractivity (Wildman–Crippen MR) is 181 cm³/mol. The summed E-state index contributed by atoms with van der Waals surface area (Å²) >= 11 is 0. The molecule has 0 heterocycles. The van der Waals surface area contributed by atoms with Gasteiger partial charge in [0, 0.05) is 17.7 Å². The molecule has 0 amide bonds. The second-order valence-corrected chi connectivity index (χ2v) is 12.5. The monoisotopic (exact) mass is 607 g/mol. The van der Waals surface area contributed by atoms with Crippen LogP contribution in [0.5, 0.6) is 11.5 Å². The van der Waals surface area contributed by atoms with Crippen LogP contribution >= 0.6 is 0 Å². The fourth-order valence-electron chi connectivity index (χ4n) is 3.63. The number of unbranched alkanes of at least 4 members (excludes halogenated alkanes) is 1. The molecule has 0 aliphatic heterocycles. The number of ether oxygens (including phenoxy) is 4. The molecule has 0 aliphatic rings. The maximum atomic E-state index is 11.5. The molecule has 0 spiro atoms. The SMILES string of the molecule is COc1ccc(/C=C/C(=O)OCCCNC(C)(C)C)cc1.COc1ccc(/C=C/C=C/C(=O)OCCCCC(C)(C)C)cc1. The molecule has 1 N–H and O–H groups in total. The minimum atomic E-state index is -0.318. The molecule has 242 valence electrons. The predicted octanol–water partition coefficient (Wildman–Crippen LogP) is 8.05. The zero-order valence-corrected chi connectivity index (χ0v) is 28.0. The average molecular weight is 608 g/mol. The second-order valence-electron chi connectivity index (χ2n) is 12.5. The van der Waals surface area contributed by atoms with Crippen LogP contribution in [0.25, 0.3) is 12.2 Å². The number of hydrogen-bond acceptors (Lipinski definition) is 7. The molecule has 0 fully saturated rings. The third-order valence-electron chi connectivity index (χ3n) is 6.06. The normalized spacial score (nSPS) is 11.8. The van der Waals surface area contributed by atoms with Crippen molar-refractivity contribution in [3.8, 4) is 11.5 Å². The average Bonchev–Trinajstić information content (AvgIpc) is 2.97. The zero-order chi connectivity index (χ0) is 32.8. The molecule has 0 aliphatic carbocycles. The Morgan fingerprint density at radius 3 is 1.66 bits per heavy atom. The smallest absolute Gasteiger partial charge is 0.330 e. The summed E-state index contributed by atoms with van der Waals surface area (Å²) in [6.45, 7) is 14.7. The minimum Gasteiger partial charge on any atom is -0.497 e. The summed E-state index contributed by atoms with van der Waals surface area (Å²) in [5, 5.41) is 3.34. The molecule has 0 saturated heterocycles. The Kier molecular flexibility index (Phi) is 18.2. The van der Waals surface area contributed by atoms with Gasteiger partial charge in [0.1, 0.15) is 11.5 Å². The Labute approximate surface area is 265 Å². The van der Waals surface area contributed by atoms with E-state index < -0.39 is 0 Å². The highest BCUT2D eigenvalue weighted by atomic mass is 16.5. The van der Waals surface area contributed by atoms with Crippen LogP contribution in [0.1, 0.15) is 78.4 Å². The number of hydrogen-bond donors (Lipinski definition) is 1.